The van der Waals surface area contributed by atoms with Crippen molar-refractivity contribution in [2.45, 2.75) is 10.9 Å². The van der Waals surface area contributed by atoms with Crippen LogP contribution in [-0.2, 0) is 12.8 Å². The Labute approximate surface area is 122 Å². The number of anilines is 1. The second-order valence-corrected chi connectivity index (χ2v) is 5.27. The van der Waals surface area contributed by atoms with Crippen LogP contribution >= 0.6 is 11.8 Å². The molecule has 0 fully saturated rings. The van der Waals surface area contributed by atoms with E-state index < -0.39 is 11.1 Å². The summed E-state index contributed by atoms with van der Waals surface area (Å²) >= 11 is 1.24. The molecule has 0 aliphatic rings. The number of oxazole rings is 1. The molecule has 0 saturated carbocycles. The van der Waals surface area contributed by atoms with Crippen LogP contribution in [0.15, 0.2) is 37.4 Å². The minimum absolute atomic E-state index is 0.376. The highest BCUT2D eigenvalue weighted by Crippen LogP contribution is 2.23. The molecule has 0 atom stereocenters. The third-order valence-electron chi connectivity index (χ3n) is 2.73. The van der Waals surface area contributed by atoms with Crippen LogP contribution in [0.1, 0.15) is 5.89 Å². The molecule has 3 N–H and O–H groups in total. The molecule has 0 amide bonds. The number of aromatic nitrogens is 4. The fraction of sp³-hybridized carbons (Fsp3) is 0.167. The summed E-state index contributed by atoms with van der Waals surface area (Å²) < 4.78 is 6.95. The largest absolute Gasteiger partial charge is 0.440 e. The van der Waals surface area contributed by atoms with Gasteiger partial charge >= 0.3 is 11.1 Å². The summed E-state index contributed by atoms with van der Waals surface area (Å²) in [6, 6.07) is 5.21. The van der Waals surface area contributed by atoms with Crippen molar-refractivity contribution in [1.29, 1.82) is 0 Å². The summed E-state index contributed by atoms with van der Waals surface area (Å²) in [4.78, 5) is 30.4. The van der Waals surface area contributed by atoms with E-state index in [0.29, 0.717) is 33.6 Å². The predicted molar refractivity (Wildman–Crippen MR) is 78.1 cm³/mol. The first-order valence-corrected chi connectivity index (χ1v) is 6.96. The third-order valence-corrected chi connectivity index (χ3v) is 3.74. The quantitative estimate of drug-likeness (QED) is 0.410. The zero-order chi connectivity index (χ0) is 15.0. The molecular weight excluding hydrogens is 294 g/mol. The molecule has 3 rings (SSSR count). The van der Waals surface area contributed by atoms with Gasteiger partial charge in [0.1, 0.15) is 5.52 Å². The van der Waals surface area contributed by atoms with Crippen LogP contribution in [-0.4, -0.2) is 19.7 Å². The first kappa shape index (κ1) is 13.4. The summed E-state index contributed by atoms with van der Waals surface area (Å²) in [6.45, 7) is 0. The molecule has 0 unspecified atom stereocenters. The molecule has 0 spiro atoms. The lowest BCUT2D eigenvalue weighted by molar-refractivity contribution is 0.553. The van der Waals surface area contributed by atoms with Gasteiger partial charge in [-0.1, -0.05) is 11.8 Å². The molecule has 2 heterocycles. The minimum Gasteiger partial charge on any atom is -0.440 e. The van der Waals surface area contributed by atoms with E-state index in [0.717, 1.165) is 0 Å². The van der Waals surface area contributed by atoms with Crippen molar-refractivity contribution in [2.24, 2.45) is 7.05 Å². The normalized spacial score (nSPS) is 11.1. The van der Waals surface area contributed by atoms with E-state index in [9.17, 15) is 9.59 Å². The monoisotopic (exact) mass is 305 g/mol. The first-order chi connectivity index (χ1) is 10.0. The van der Waals surface area contributed by atoms with Gasteiger partial charge in [-0.25, -0.2) is 4.98 Å². The van der Waals surface area contributed by atoms with E-state index in [4.69, 9.17) is 10.2 Å². The number of hydrogen-bond acceptors (Lipinski definition) is 7. The number of nitrogens with zero attached hydrogens (tertiary/aromatic N) is 3. The standard InChI is InChI=1S/C12H11N5O3S/c1-17-12(15-10(18)11(19)16-17)21-5-9-14-7-4-6(13)2-3-8(7)20-9/h2-4H,5,13H2,1H3,(H,16,19). The van der Waals surface area contributed by atoms with Gasteiger partial charge in [-0.15, -0.1) is 0 Å². The van der Waals surface area contributed by atoms with Gasteiger partial charge in [-0.3, -0.25) is 19.4 Å². The second-order valence-electron chi connectivity index (χ2n) is 4.32. The number of aromatic amines is 1. The van der Waals surface area contributed by atoms with E-state index in [1.807, 2.05) is 0 Å². The number of nitrogens with two attached hydrogens (primary N) is 1. The van der Waals surface area contributed by atoms with Crippen molar-refractivity contribution >= 4 is 28.5 Å². The molecule has 0 bridgehead atoms. The van der Waals surface area contributed by atoms with Crippen LogP contribution < -0.4 is 16.9 Å². The highest BCUT2D eigenvalue weighted by molar-refractivity contribution is 7.98. The lowest BCUT2D eigenvalue weighted by Gasteiger charge is -2.03. The van der Waals surface area contributed by atoms with Crippen LogP contribution in [0.25, 0.3) is 11.1 Å². The zero-order valence-corrected chi connectivity index (χ0v) is 11.8. The van der Waals surface area contributed by atoms with Crippen molar-refractivity contribution < 1.29 is 4.42 Å². The summed E-state index contributed by atoms with van der Waals surface area (Å²) in [5.74, 6) is 0.863. The molecule has 9 heteroatoms. The molecule has 108 valence electrons. The Bertz CT molecular complexity index is 927. The molecule has 2 aromatic heterocycles. The van der Waals surface area contributed by atoms with E-state index in [1.54, 1.807) is 25.2 Å². The lowest BCUT2D eigenvalue weighted by atomic mass is 10.3. The number of nitrogens with one attached hydrogen (secondary N) is 1. The van der Waals surface area contributed by atoms with E-state index in [2.05, 4.69) is 15.1 Å². The maximum absolute atomic E-state index is 11.2. The SMILES string of the molecule is Cn1[nH]c(=O)c(=O)nc1SCc1nc2cc(N)ccc2o1. The van der Waals surface area contributed by atoms with E-state index >= 15 is 0 Å². The topological polar surface area (TPSA) is 120 Å². The number of nitrogen functional groups attached to an aromatic ring is 1. The van der Waals surface area contributed by atoms with E-state index in [-0.39, 0.29) is 0 Å². The fourth-order valence-corrected chi connectivity index (χ4v) is 2.53. The predicted octanol–water partition coefficient (Wildman–Crippen LogP) is 0.484. The Morgan fingerprint density at radius 1 is 1.38 bits per heavy atom. The van der Waals surface area contributed by atoms with Crippen LogP contribution in [0.5, 0.6) is 0 Å². The number of rotatable bonds is 3. The number of hydrogen-bond donors (Lipinski definition) is 2. The van der Waals surface area contributed by atoms with Crippen molar-refractivity contribution in [1.82, 2.24) is 19.7 Å². The Kier molecular flexibility index (Phi) is 3.26. The van der Waals surface area contributed by atoms with Crippen LogP contribution in [0, 0.1) is 0 Å². The molecule has 0 aliphatic heterocycles. The van der Waals surface area contributed by atoms with Crippen molar-refractivity contribution in [2.75, 3.05) is 5.73 Å². The maximum Gasteiger partial charge on any atom is 0.339 e. The Morgan fingerprint density at radius 2 is 2.19 bits per heavy atom. The smallest absolute Gasteiger partial charge is 0.339 e. The number of H-pyrrole nitrogens is 1. The summed E-state index contributed by atoms with van der Waals surface area (Å²) in [7, 11) is 1.60. The van der Waals surface area contributed by atoms with Crippen molar-refractivity contribution in [3.8, 4) is 0 Å². The first-order valence-electron chi connectivity index (χ1n) is 5.98. The Morgan fingerprint density at radius 3 is 3.00 bits per heavy atom. The molecule has 0 radical (unpaired) electrons. The van der Waals surface area contributed by atoms with Gasteiger partial charge in [0.05, 0.1) is 5.75 Å². The van der Waals surface area contributed by atoms with Gasteiger partial charge in [-0.05, 0) is 18.2 Å². The molecular formula is C12H11N5O3S. The van der Waals surface area contributed by atoms with Crippen molar-refractivity contribution in [3.63, 3.8) is 0 Å². The average Bonchev–Trinajstić information content (AvgIpc) is 2.83. The average molecular weight is 305 g/mol. The highest BCUT2D eigenvalue weighted by atomic mass is 32.2. The zero-order valence-electron chi connectivity index (χ0n) is 11.0. The van der Waals surface area contributed by atoms with Gasteiger partial charge in [0.2, 0.25) is 5.89 Å². The molecule has 0 aliphatic carbocycles. The van der Waals surface area contributed by atoms with Crippen LogP contribution in [0.4, 0.5) is 5.69 Å². The van der Waals surface area contributed by atoms with Crippen LogP contribution in [0.2, 0.25) is 0 Å². The summed E-state index contributed by atoms with van der Waals surface area (Å²) in [5, 5.41) is 2.75. The molecule has 3 aromatic rings. The summed E-state index contributed by atoms with van der Waals surface area (Å²) in [6.07, 6.45) is 0. The maximum atomic E-state index is 11.2. The number of thioether (sulfide) groups is 1. The minimum atomic E-state index is -0.819. The number of fused-ring (bicyclic) bond motifs is 1. The molecule has 8 nitrogen and oxygen atoms in total. The Hall–Kier alpha value is -2.55. The van der Waals surface area contributed by atoms with E-state index in [1.165, 1.54) is 16.4 Å². The second kappa shape index (κ2) is 5.09. The highest BCUT2D eigenvalue weighted by Gasteiger charge is 2.09. The summed E-state index contributed by atoms with van der Waals surface area (Å²) in [5.41, 5.74) is 6.04. The molecule has 1 aromatic carbocycles. The number of aryl methyl sites for hydroxylation is 1. The Balaban J connectivity index is 1.85. The number of benzene rings is 1. The fourth-order valence-electron chi connectivity index (χ4n) is 1.77. The third kappa shape index (κ3) is 2.68. The molecule has 0 saturated heterocycles. The van der Waals surface area contributed by atoms with Gasteiger partial charge in [0.25, 0.3) is 0 Å². The van der Waals surface area contributed by atoms with Crippen molar-refractivity contribution in [3.05, 3.63) is 44.8 Å². The lowest BCUT2D eigenvalue weighted by Crippen LogP contribution is -2.33. The van der Waals surface area contributed by atoms with Gasteiger partial charge in [-0.2, -0.15) is 4.98 Å². The van der Waals surface area contributed by atoms with Gasteiger partial charge in [0.15, 0.2) is 10.7 Å². The van der Waals surface area contributed by atoms with Crippen LogP contribution in [0.3, 0.4) is 0 Å². The molecule has 21 heavy (non-hydrogen) atoms. The van der Waals surface area contributed by atoms with Gasteiger partial charge < -0.3 is 10.2 Å². The van der Waals surface area contributed by atoms with Gasteiger partial charge in [0, 0.05) is 12.7 Å².